The molecule has 0 aliphatic carbocycles. The van der Waals surface area contributed by atoms with Crippen molar-refractivity contribution in [1.29, 1.82) is 0 Å². The number of rotatable bonds is 2. The van der Waals surface area contributed by atoms with Crippen LogP contribution in [0.4, 0.5) is 0 Å². The molecule has 4 heteroatoms. The summed E-state index contributed by atoms with van der Waals surface area (Å²) < 4.78 is 2.32. The molecule has 0 radical (unpaired) electrons. The van der Waals surface area contributed by atoms with Crippen LogP contribution in [-0.4, -0.2) is 6.29 Å². The van der Waals surface area contributed by atoms with E-state index in [0.717, 1.165) is 21.9 Å². The monoisotopic (exact) mass is 380 g/mol. The quantitative estimate of drug-likeness (QED) is 0.433. The third-order valence-corrected chi connectivity index (χ3v) is 4.59. The van der Waals surface area contributed by atoms with Crippen molar-refractivity contribution < 1.29 is 4.79 Å². The highest BCUT2D eigenvalue weighted by molar-refractivity contribution is 14.1. The van der Waals surface area contributed by atoms with Crippen molar-refractivity contribution in [2.45, 2.75) is 5.33 Å². The van der Waals surface area contributed by atoms with E-state index in [4.69, 9.17) is 0 Å². The molecule has 0 spiro atoms. The first-order chi connectivity index (χ1) is 6.76. The van der Waals surface area contributed by atoms with Gasteiger partial charge in [-0.05, 0) is 45.7 Å². The SMILES string of the molecule is O=Cc1ccc(CBr)c2cc(I)sc12. The molecule has 1 aromatic carbocycles. The highest BCUT2D eigenvalue weighted by atomic mass is 127. The maximum Gasteiger partial charge on any atom is 0.151 e. The average Bonchev–Trinajstić information content (AvgIpc) is 2.57. The first kappa shape index (κ1) is 10.6. The molecule has 0 saturated carbocycles. The van der Waals surface area contributed by atoms with E-state index in [-0.39, 0.29) is 0 Å². The fourth-order valence-corrected chi connectivity index (χ4v) is 3.75. The fraction of sp³-hybridized carbons (Fsp3) is 0.100. The molecule has 0 unspecified atom stereocenters. The van der Waals surface area contributed by atoms with E-state index >= 15 is 0 Å². The predicted octanol–water partition coefficient (Wildman–Crippen LogP) is 4.21. The van der Waals surface area contributed by atoms with Gasteiger partial charge in [0.2, 0.25) is 0 Å². The summed E-state index contributed by atoms with van der Waals surface area (Å²) in [6, 6.07) is 6.02. The summed E-state index contributed by atoms with van der Waals surface area (Å²) in [6.07, 6.45) is 0.924. The molecule has 1 aromatic heterocycles. The molecule has 1 heterocycles. The number of hydrogen-bond donors (Lipinski definition) is 0. The van der Waals surface area contributed by atoms with E-state index < -0.39 is 0 Å². The predicted molar refractivity (Wildman–Crippen MR) is 72.6 cm³/mol. The Bertz CT molecular complexity index is 492. The Balaban J connectivity index is 2.83. The highest BCUT2D eigenvalue weighted by Gasteiger charge is 2.08. The second-order valence-electron chi connectivity index (χ2n) is 2.86. The van der Waals surface area contributed by atoms with Gasteiger partial charge in [0.1, 0.15) is 0 Å². The molecule has 0 bridgehead atoms. The van der Waals surface area contributed by atoms with Gasteiger partial charge in [-0.15, -0.1) is 11.3 Å². The fourth-order valence-electron chi connectivity index (χ4n) is 1.38. The Morgan fingerprint density at radius 3 is 2.93 bits per heavy atom. The molecule has 0 N–H and O–H groups in total. The maximum atomic E-state index is 10.8. The standard InChI is InChI=1S/C10H6BrIOS/c11-4-6-1-2-7(5-13)10-8(6)3-9(12)14-10/h1-3,5H,4H2. The zero-order valence-electron chi connectivity index (χ0n) is 7.09. The summed E-state index contributed by atoms with van der Waals surface area (Å²) in [5.74, 6) is 0. The van der Waals surface area contributed by atoms with Gasteiger partial charge in [-0.2, -0.15) is 0 Å². The van der Waals surface area contributed by atoms with Crippen molar-refractivity contribution in [3.05, 3.63) is 32.2 Å². The highest BCUT2D eigenvalue weighted by Crippen LogP contribution is 2.32. The van der Waals surface area contributed by atoms with Crippen LogP contribution in [0.5, 0.6) is 0 Å². The van der Waals surface area contributed by atoms with E-state index in [0.29, 0.717) is 0 Å². The summed E-state index contributed by atoms with van der Waals surface area (Å²) in [4.78, 5) is 10.8. The second-order valence-corrected chi connectivity index (χ2v) is 6.37. The van der Waals surface area contributed by atoms with Crippen LogP contribution in [-0.2, 0) is 5.33 Å². The number of halogens is 2. The van der Waals surface area contributed by atoms with Gasteiger partial charge in [0, 0.05) is 15.6 Å². The topological polar surface area (TPSA) is 17.1 Å². The summed E-state index contributed by atoms with van der Waals surface area (Å²) >= 11 is 7.40. The van der Waals surface area contributed by atoms with Crippen LogP contribution in [0.25, 0.3) is 10.1 Å². The van der Waals surface area contributed by atoms with Crippen molar-refractivity contribution >= 4 is 66.2 Å². The molecular weight excluding hydrogens is 375 g/mol. The first-order valence-electron chi connectivity index (χ1n) is 3.98. The summed E-state index contributed by atoms with van der Waals surface area (Å²) in [5.41, 5.74) is 2.03. The van der Waals surface area contributed by atoms with E-state index in [2.05, 4.69) is 44.6 Å². The molecule has 72 valence electrons. The molecule has 0 fully saturated rings. The summed E-state index contributed by atoms with van der Waals surface area (Å²) in [6.45, 7) is 0. The van der Waals surface area contributed by atoms with E-state index in [1.165, 1.54) is 13.8 Å². The van der Waals surface area contributed by atoms with Gasteiger partial charge < -0.3 is 0 Å². The van der Waals surface area contributed by atoms with E-state index in [1.807, 2.05) is 12.1 Å². The lowest BCUT2D eigenvalue weighted by Gasteiger charge is -1.99. The molecule has 14 heavy (non-hydrogen) atoms. The number of thiophene rings is 1. The molecule has 0 atom stereocenters. The smallest absolute Gasteiger partial charge is 0.151 e. The van der Waals surface area contributed by atoms with Gasteiger partial charge in [-0.3, -0.25) is 4.79 Å². The van der Waals surface area contributed by atoms with Gasteiger partial charge in [0.05, 0.1) is 2.88 Å². The van der Waals surface area contributed by atoms with Crippen LogP contribution >= 0.6 is 49.9 Å². The van der Waals surface area contributed by atoms with E-state index in [1.54, 1.807) is 11.3 Å². The van der Waals surface area contributed by atoms with Crippen LogP contribution in [0, 0.1) is 2.88 Å². The average molecular weight is 381 g/mol. The summed E-state index contributed by atoms with van der Waals surface area (Å²) in [5, 5.41) is 2.02. The molecule has 0 aliphatic rings. The third kappa shape index (κ3) is 1.75. The van der Waals surface area contributed by atoms with Gasteiger partial charge in [0.15, 0.2) is 6.29 Å². The zero-order valence-corrected chi connectivity index (χ0v) is 11.6. The molecule has 0 aliphatic heterocycles. The minimum Gasteiger partial charge on any atom is -0.298 e. The van der Waals surface area contributed by atoms with Crippen LogP contribution in [0.2, 0.25) is 0 Å². The van der Waals surface area contributed by atoms with Crippen molar-refractivity contribution in [2.24, 2.45) is 0 Å². The van der Waals surface area contributed by atoms with Crippen LogP contribution < -0.4 is 0 Å². The Kier molecular flexibility index (Phi) is 3.23. The van der Waals surface area contributed by atoms with Crippen molar-refractivity contribution in [2.75, 3.05) is 0 Å². The van der Waals surface area contributed by atoms with Crippen molar-refractivity contribution in [3.63, 3.8) is 0 Å². The third-order valence-electron chi connectivity index (χ3n) is 2.05. The molecule has 1 nitrogen and oxygen atoms in total. The van der Waals surface area contributed by atoms with Crippen molar-refractivity contribution in [1.82, 2.24) is 0 Å². The Morgan fingerprint density at radius 1 is 1.50 bits per heavy atom. The Morgan fingerprint density at radius 2 is 2.29 bits per heavy atom. The number of fused-ring (bicyclic) bond motifs is 1. The van der Waals surface area contributed by atoms with Crippen LogP contribution in [0.3, 0.4) is 0 Å². The molecule has 0 amide bonds. The maximum absolute atomic E-state index is 10.8. The normalized spacial score (nSPS) is 10.7. The van der Waals surface area contributed by atoms with Gasteiger partial charge in [-0.25, -0.2) is 0 Å². The van der Waals surface area contributed by atoms with Gasteiger partial charge >= 0.3 is 0 Å². The number of carbonyl (C=O) groups is 1. The van der Waals surface area contributed by atoms with Crippen LogP contribution in [0.1, 0.15) is 15.9 Å². The molecule has 2 aromatic rings. The van der Waals surface area contributed by atoms with Crippen molar-refractivity contribution in [3.8, 4) is 0 Å². The largest absolute Gasteiger partial charge is 0.298 e. The lowest BCUT2D eigenvalue weighted by molar-refractivity contribution is 0.112. The second kappa shape index (κ2) is 4.28. The Hall–Kier alpha value is 0.0600. The number of hydrogen-bond acceptors (Lipinski definition) is 2. The molecular formula is C10H6BrIOS. The Labute approximate surface area is 108 Å². The zero-order chi connectivity index (χ0) is 10.1. The lowest BCUT2D eigenvalue weighted by atomic mass is 10.1. The minimum atomic E-state index is 0.789. The number of benzene rings is 1. The number of aldehydes is 1. The van der Waals surface area contributed by atoms with E-state index in [9.17, 15) is 4.79 Å². The lowest BCUT2D eigenvalue weighted by Crippen LogP contribution is -1.83. The number of alkyl halides is 1. The number of carbonyl (C=O) groups excluding carboxylic acids is 1. The first-order valence-corrected chi connectivity index (χ1v) is 7.00. The summed E-state index contributed by atoms with van der Waals surface area (Å²) in [7, 11) is 0. The molecule has 0 saturated heterocycles. The minimum absolute atomic E-state index is 0.789. The van der Waals surface area contributed by atoms with Gasteiger partial charge in [0.25, 0.3) is 0 Å². The van der Waals surface area contributed by atoms with Gasteiger partial charge in [-0.1, -0.05) is 22.0 Å². The van der Waals surface area contributed by atoms with Crippen LogP contribution in [0.15, 0.2) is 18.2 Å². The molecule has 2 rings (SSSR count).